The van der Waals surface area contributed by atoms with E-state index in [2.05, 4.69) is 20.9 Å². The number of guanidine groups is 1. The fourth-order valence-corrected chi connectivity index (χ4v) is 2.54. The average Bonchev–Trinajstić information content (AvgIpc) is 2.62. The van der Waals surface area contributed by atoms with Crippen LogP contribution in [0.5, 0.6) is 11.5 Å². The van der Waals surface area contributed by atoms with Gasteiger partial charge in [0.25, 0.3) is 0 Å². The van der Waals surface area contributed by atoms with Crippen LogP contribution in [0.2, 0.25) is 0 Å². The van der Waals surface area contributed by atoms with Crippen molar-refractivity contribution < 1.29 is 19.0 Å². The molecule has 1 amide bonds. The normalized spacial score (nSPS) is 12.2. The molecule has 1 rings (SSSR count). The van der Waals surface area contributed by atoms with Gasteiger partial charge in [-0.05, 0) is 64.8 Å². The van der Waals surface area contributed by atoms with Crippen molar-refractivity contribution in [3.8, 4) is 11.5 Å². The number of nitrogens with one attached hydrogen (secondary N) is 3. The first kappa shape index (κ1) is 24.4. The quantitative estimate of drug-likeness (QED) is 0.452. The molecule has 0 radical (unpaired) electrons. The number of aliphatic imine (C=N–C) groups is 1. The van der Waals surface area contributed by atoms with Gasteiger partial charge >= 0.3 is 6.09 Å². The van der Waals surface area contributed by atoms with Gasteiger partial charge < -0.3 is 30.2 Å². The summed E-state index contributed by atoms with van der Waals surface area (Å²) in [4.78, 5) is 16.2. The Morgan fingerprint density at radius 3 is 2.31 bits per heavy atom. The SMILES string of the molecule is CN=C(NCCc1cc(OC)ccc1OC)NCC(C)(C)NC(=O)OC(C)(C)C. The Morgan fingerprint density at radius 2 is 1.76 bits per heavy atom. The lowest BCUT2D eigenvalue weighted by atomic mass is 10.1. The highest BCUT2D eigenvalue weighted by atomic mass is 16.6. The number of benzene rings is 1. The van der Waals surface area contributed by atoms with E-state index in [0.29, 0.717) is 19.0 Å². The van der Waals surface area contributed by atoms with Crippen LogP contribution in [0.15, 0.2) is 23.2 Å². The molecule has 0 aromatic heterocycles. The first-order valence-corrected chi connectivity index (χ1v) is 9.66. The second-order valence-electron chi connectivity index (χ2n) is 8.29. The van der Waals surface area contributed by atoms with Crippen LogP contribution in [-0.2, 0) is 11.2 Å². The highest BCUT2D eigenvalue weighted by molar-refractivity contribution is 5.79. The van der Waals surface area contributed by atoms with E-state index in [1.54, 1.807) is 21.3 Å². The summed E-state index contributed by atoms with van der Waals surface area (Å²) in [6.07, 6.45) is 0.290. The maximum Gasteiger partial charge on any atom is 0.408 e. The molecular weight excluding hydrogens is 372 g/mol. The Kier molecular flexibility index (Phi) is 9.07. The molecule has 0 heterocycles. The summed E-state index contributed by atoms with van der Waals surface area (Å²) in [6, 6.07) is 5.73. The highest BCUT2D eigenvalue weighted by Crippen LogP contribution is 2.24. The van der Waals surface area contributed by atoms with Crippen LogP contribution in [0, 0.1) is 0 Å². The van der Waals surface area contributed by atoms with E-state index in [9.17, 15) is 4.79 Å². The molecule has 0 unspecified atom stereocenters. The fraction of sp³-hybridized carbons (Fsp3) is 0.619. The minimum atomic E-state index is -0.535. The Hall–Kier alpha value is -2.64. The third kappa shape index (κ3) is 9.40. The van der Waals surface area contributed by atoms with Crippen molar-refractivity contribution in [2.45, 2.75) is 52.2 Å². The zero-order valence-corrected chi connectivity index (χ0v) is 18.9. The third-order valence-corrected chi connectivity index (χ3v) is 3.94. The number of amides is 1. The van der Waals surface area contributed by atoms with Crippen LogP contribution in [0.3, 0.4) is 0 Å². The average molecular weight is 409 g/mol. The van der Waals surface area contributed by atoms with Crippen LogP contribution in [0.25, 0.3) is 0 Å². The summed E-state index contributed by atoms with van der Waals surface area (Å²) >= 11 is 0. The molecule has 1 aromatic carbocycles. The molecule has 1 aromatic rings. The maximum absolute atomic E-state index is 12.0. The van der Waals surface area contributed by atoms with Crippen molar-refractivity contribution in [3.05, 3.63) is 23.8 Å². The first-order chi connectivity index (χ1) is 13.5. The smallest absolute Gasteiger partial charge is 0.408 e. The molecule has 0 saturated carbocycles. The summed E-state index contributed by atoms with van der Waals surface area (Å²) in [7, 11) is 5.00. The van der Waals surface area contributed by atoms with E-state index < -0.39 is 17.2 Å². The molecule has 0 saturated heterocycles. The number of carbonyl (C=O) groups excluding carboxylic acids is 1. The second kappa shape index (κ2) is 10.8. The van der Waals surface area contributed by atoms with Gasteiger partial charge in [-0.25, -0.2) is 4.79 Å². The fourth-order valence-electron chi connectivity index (χ4n) is 2.54. The summed E-state index contributed by atoms with van der Waals surface area (Å²) in [6.45, 7) is 10.5. The van der Waals surface area contributed by atoms with Crippen LogP contribution >= 0.6 is 0 Å². The molecule has 164 valence electrons. The number of ether oxygens (including phenoxy) is 3. The van der Waals surface area contributed by atoms with Crippen LogP contribution in [0.4, 0.5) is 4.79 Å². The number of hydrogen-bond acceptors (Lipinski definition) is 5. The number of alkyl carbamates (subject to hydrolysis) is 1. The topological polar surface area (TPSA) is 93.2 Å². The molecule has 0 fully saturated rings. The number of hydrogen-bond donors (Lipinski definition) is 3. The van der Waals surface area contributed by atoms with Gasteiger partial charge in [-0.3, -0.25) is 4.99 Å². The van der Waals surface area contributed by atoms with E-state index in [1.807, 2.05) is 52.8 Å². The van der Waals surface area contributed by atoms with Gasteiger partial charge in [-0.2, -0.15) is 0 Å². The molecule has 8 nitrogen and oxygen atoms in total. The molecule has 0 spiro atoms. The molecule has 0 atom stereocenters. The van der Waals surface area contributed by atoms with Crippen molar-refractivity contribution in [2.75, 3.05) is 34.4 Å². The largest absolute Gasteiger partial charge is 0.497 e. The predicted octanol–water partition coefficient (Wildman–Crippen LogP) is 2.71. The van der Waals surface area contributed by atoms with Gasteiger partial charge in [-0.1, -0.05) is 0 Å². The van der Waals surface area contributed by atoms with Gasteiger partial charge in [0.2, 0.25) is 0 Å². The van der Waals surface area contributed by atoms with E-state index in [0.717, 1.165) is 23.5 Å². The number of carbonyl (C=O) groups is 1. The second-order valence-corrected chi connectivity index (χ2v) is 8.29. The Bertz CT molecular complexity index is 696. The van der Waals surface area contributed by atoms with Gasteiger partial charge in [-0.15, -0.1) is 0 Å². The van der Waals surface area contributed by atoms with E-state index in [-0.39, 0.29) is 0 Å². The number of methoxy groups -OCH3 is 2. The van der Waals surface area contributed by atoms with Gasteiger partial charge in [0.1, 0.15) is 17.1 Å². The summed E-state index contributed by atoms with van der Waals surface area (Å²) < 4.78 is 16.0. The summed E-state index contributed by atoms with van der Waals surface area (Å²) in [5, 5.41) is 9.36. The minimum absolute atomic E-state index is 0.447. The lowest BCUT2D eigenvalue weighted by Crippen LogP contribution is -2.54. The Labute approximate surface area is 174 Å². The molecule has 0 aliphatic rings. The predicted molar refractivity (Wildman–Crippen MR) is 116 cm³/mol. The zero-order chi connectivity index (χ0) is 22.1. The summed E-state index contributed by atoms with van der Waals surface area (Å²) in [5.41, 5.74) is -0.00998. The maximum atomic E-state index is 12.0. The zero-order valence-electron chi connectivity index (χ0n) is 18.9. The van der Waals surface area contributed by atoms with Crippen molar-refractivity contribution in [1.29, 1.82) is 0 Å². The Balaban J connectivity index is 2.54. The molecule has 3 N–H and O–H groups in total. The van der Waals surface area contributed by atoms with Crippen LogP contribution < -0.4 is 25.4 Å². The summed E-state index contributed by atoms with van der Waals surface area (Å²) in [5.74, 6) is 2.25. The van der Waals surface area contributed by atoms with Gasteiger partial charge in [0, 0.05) is 20.1 Å². The van der Waals surface area contributed by atoms with Crippen molar-refractivity contribution in [3.63, 3.8) is 0 Å². The standard InChI is InChI=1S/C21H36N4O4/c1-20(2,3)29-19(26)25-21(4,5)14-24-18(22-6)23-12-11-15-13-16(27-7)9-10-17(15)28-8/h9-10,13H,11-12,14H2,1-8H3,(H,25,26)(H2,22,23,24). The lowest BCUT2D eigenvalue weighted by Gasteiger charge is -2.29. The van der Waals surface area contributed by atoms with Gasteiger partial charge in [0.15, 0.2) is 5.96 Å². The molecule has 0 aliphatic heterocycles. The number of rotatable bonds is 8. The number of nitrogens with zero attached hydrogens (tertiary/aromatic N) is 1. The van der Waals surface area contributed by atoms with Gasteiger partial charge in [0.05, 0.1) is 19.8 Å². The lowest BCUT2D eigenvalue weighted by molar-refractivity contribution is 0.0474. The molecule has 0 aliphatic carbocycles. The molecule has 0 bridgehead atoms. The molecular formula is C21H36N4O4. The van der Waals surface area contributed by atoms with Crippen LogP contribution in [0.1, 0.15) is 40.2 Å². The molecule has 8 heteroatoms. The van der Waals surface area contributed by atoms with Crippen molar-refractivity contribution >= 4 is 12.1 Å². The molecule has 29 heavy (non-hydrogen) atoms. The Morgan fingerprint density at radius 1 is 1.07 bits per heavy atom. The van der Waals surface area contributed by atoms with E-state index >= 15 is 0 Å². The van der Waals surface area contributed by atoms with Crippen molar-refractivity contribution in [2.24, 2.45) is 4.99 Å². The van der Waals surface area contributed by atoms with E-state index in [1.165, 1.54) is 0 Å². The van der Waals surface area contributed by atoms with Crippen molar-refractivity contribution in [1.82, 2.24) is 16.0 Å². The first-order valence-electron chi connectivity index (χ1n) is 9.66. The minimum Gasteiger partial charge on any atom is -0.497 e. The monoisotopic (exact) mass is 408 g/mol. The third-order valence-electron chi connectivity index (χ3n) is 3.94. The van der Waals surface area contributed by atoms with E-state index in [4.69, 9.17) is 14.2 Å². The van der Waals surface area contributed by atoms with Crippen LogP contribution in [-0.4, -0.2) is 57.5 Å². The highest BCUT2D eigenvalue weighted by Gasteiger charge is 2.24.